The van der Waals surface area contributed by atoms with Gasteiger partial charge in [-0.3, -0.25) is 9.69 Å². The molecule has 28 heavy (non-hydrogen) atoms. The second-order valence-corrected chi connectivity index (χ2v) is 8.53. The van der Waals surface area contributed by atoms with Crippen molar-refractivity contribution >= 4 is 5.78 Å². The molecule has 2 bridgehead atoms. The number of nitrogens with zero attached hydrogens (tertiary/aromatic N) is 3. The second kappa shape index (κ2) is 6.58. The van der Waals surface area contributed by atoms with E-state index in [2.05, 4.69) is 21.6 Å². The molecule has 1 N–H and O–H groups in total. The molecule has 1 aromatic carbocycles. The first kappa shape index (κ1) is 17.7. The summed E-state index contributed by atoms with van der Waals surface area (Å²) in [5, 5.41) is 19.2. The van der Waals surface area contributed by atoms with Crippen LogP contribution in [0.4, 0.5) is 0 Å². The van der Waals surface area contributed by atoms with Crippen LogP contribution >= 0.6 is 0 Å². The Hall–Kier alpha value is -2.42. The Labute approximate surface area is 165 Å². The summed E-state index contributed by atoms with van der Waals surface area (Å²) in [5.74, 6) is 0.665. The predicted octanol–water partition coefficient (Wildman–Crippen LogP) is 3.32. The fraction of sp³-hybridized carbons (Fsp3) is 0.478. The minimum Gasteiger partial charge on any atom is -0.391 e. The van der Waals surface area contributed by atoms with Gasteiger partial charge >= 0.3 is 0 Å². The third-order valence-corrected chi connectivity index (χ3v) is 6.80. The Morgan fingerprint density at radius 2 is 1.96 bits per heavy atom. The summed E-state index contributed by atoms with van der Waals surface area (Å²) in [7, 11) is 0. The van der Waals surface area contributed by atoms with E-state index in [4.69, 9.17) is 5.26 Å². The number of benzene rings is 1. The predicted molar refractivity (Wildman–Crippen MR) is 106 cm³/mol. The first-order chi connectivity index (χ1) is 13.6. The molecule has 1 aliphatic carbocycles. The zero-order chi connectivity index (χ0) is 19.4. The van der Waals surface area contributed by atoms with Gasteiger partial charge in [0.25, 0.3) is 0 Å². The van der Waals surface area contributed by atoms with Crippen LogP contribution in [0.15, 0.2) is 30.3 Å². The quantitative estimate of drug-likeness (QED) is 0.814. The van der Waals surface area contributed by atoms with Crippen molar-refractivity contribution in [3.05, 3.63) is 52.8 Å². The van der Waals surface area contributed by atoms with Crippen LogP contribution < -0.4 is 0 Å². The number of aromatic nitrogens is 1. The van der Waals surface area contributed by atoms with Crippen LogP contribution in [0.5, 0.6) is 0 Å². The maximum atomic E-state index is 13.2. The molecule has 1 aromatic heterocycles. The molecule has 144 valence electrons. The van der Waals surface area contributed by atoms with Crippen molar-refractivity contribution in [3.8, 4) is 11.8 Å². The van der Waals surface area contributed by atoms with Crippen molar-refractivity contribution in [1.29, 1.82) is 5.26 Å². The van der Waals surface area contributed by atoms with Crippen LogP contribution in [-0.4, -0.2) is 45.1 Å². The van der Waals surface area contributed by atoms with Gasteiger partial charge in [0.15, 0.2) is 5.78 Å². The fourth-order valence-electron chi connectivity index (χ4n) is 5.19. The second-order valence-electron chi connectivity index (χ2n) is 8.53. The maximum Gasteiger partial charge on any atom is 0.178 e. The average Bonchev–Trinajstić information content (AvgIpc) is 3.32. The van der Waals surface area contributed by atoms with Crippen molar-refractivity contribution < 1.29 is 9.90 Å². The number of aliphatic hydroxyl groups is 1. The van der Waals surface area contributed by atoms with Crippen LogP contribution in [0.3, 0.4) is 0 Å². The summed E-state index contributed by atoms with van der Waals surface area (Å²) in [6.07, 6.45) is 4.94. The van der Waals surface area contributed by atoms with Crippen molar-refractivity contribution in [2.24, 2.45) is 0 Å². The fourth-order valence-corrected chi connectivity index (χ4v) is 5.19. The molecule has 2 aliphatic heterocycles. The van der Waals surface area contributed by atoms with Gasteiger partial charge in [0, 0.05) is 34.7 Å². The van der Waals surface area contributed by atoms with E-state index >= 15 is 0 Å². The molecule has 0 spiro atoms. The number of nitriles is 1. The molecule has 3 heterocycles. The summed E-state index contributed by atoms with van der Waals surface area (Å²) in [5.41, 5.74) is 4.63. The third kappa shape index (κ3) is 2.80. The van der Waals surface area contributed by atoms with Gasteiger partial charge in [0.05, 0.1) is 24.3 Å². The van der Waals surface area contributed by atoms with E-state index < -0.39 is 0 Å². The Balaban J connectivity index is 1.47. The highest BCUT2D eigenvalue weighted by Crippen LogP contribution is 2.43. The van der Waals surface area contributed by atoms with Crippen molar-refractivity contribution in [1.82, 2.24) is 9.47 Å². The van der Waals surface area contributed by atoms with Gasteiger partial charge in [0.2, 0.25) is 0 Å². The van der Waals surface area contributed by atoms with E-state index in [9.17, 15) is 9.90 Å². The smallest absolute Gasteiger partial charge is 0.178 e. The Bertz CT molecular complexity index is 965. The lowest BCUT2D eigenvalue weighted by atomic mass is 9.98. The van der Waals surface area contributed by atoms with Gasteiger partial charge < -0.3 is 9.67 Å². The largest absolute Gasteiger partial charge is 0.391 e. The molecule has 5 nitrogen and oxygen atoms in total. The summed E-state index contributed by atoms with van der Waals surface area (Å²) in [6, 6.07) is 12.3. The van der Waals surface area contributed by atoms with E-state index in [1.54, 1.807) is 0 Å². The lowest BCUT2D eigenvalue weighted by Crippen LogP contribution is -2.36. The minimum absolute atomic E-state index is 0.151. The molecule has 2 aromatic rings. The molecule has 1 saturated carbocycles. The lowest BCUT2D eigenvalue weighted by Gasteiger charge is -2.21. The number of hydrogen-bond donors (Lipinski definition) is 1. The maximum absolute atomic E-state index is 13.2. The minimum atomic E-state index is -0.280. The SMILES string of the molecule is Cc1c(C(=O)CN2C3CC[C@@H]2C(O)C3)cc(C2CC2)n1-c1ccc(C#N)cc1. The molecule has 3 aliphatic rings. The molecule has 0 amide bonds. The van der Waals surface area contributed by atoms with Gasteiger partial charge in [-0.25, -0.2) is 0 Å². The molecule has 5 heteroatoms. The molecule has 2 saturated heterocycles. The van der Waals surface area contributed by atoms with Gasteiger partial charge in [-0.05, 0) is 75.3 Å². The molecular weight excluding hydrogens is 350 g/mol. The normalized spacial score (nSPS) is 26.5. The van der Waals surface area contributed by atoms with Crippen LogP contribution in [0.1, 0.15) is 65.3 Å². The highest BCUT2D eigenvalue weighted by atomic mass is 16.3. The number of fused-ring (bicyclic) bond motifs is 2. The first-order valence-corrected chi connectivity index (χ1v) is 10.3. The van der Waals surface area contributed by atoms with Crippen LogP contribution in [0.25, 0.3) is 5.69 Å². The van der Waals surface area contributed by atoms with Crippen molar-refractivity contribution in [2.75, 3.05) is 6.54 Å². The number of aliphatic hydroxyl groups excluding tert-OH is 1. The average molecular weight is 375 g/mol. The van der Waals surface area contributed by atoms with Gasteiger partial charge in [0.1, 0.15) is 0 Å². The Morgan fingerprint density at radius 1 is 1.21 bits per heavy atom. The number of carbonyl (C=O) groups is 1. The van der Waals surface area contributed by atoms with Crippen molar-refractivity contribution in [3.63, 3.8) is 0 Å². The first-order valence-electron chi connectivity index (χ1n) is 10.3. The number of rotatable bonds is 5. The molecule has 3 atom stereocenters. The van der Waals surface area contributed by atoms with Gasteiger partial charge in [-0.15, -0.1) is 0 Å². The standard InChI is InChI=1S/C23H25N3O2/c1-14-19(23(28)13-25-18-8-9-20(25)22(27)10-18)11-21(16-4-5-16)26(14)17-6-2-15(12-24)3-7-17/h2-3,6-7,11,16,18,20,22,27H,4-5,8-10,13H2,1H3/t18?,20-,22?/m1/s1. The summed E-state index contributed by atoms with van der Waals surface area (Å²) < 4.78 is 2.19. The van der Waals surface area contributed by atoms with Crippen molar-refractivity contribution in [2.45, 2.75) is 63.1 Å². The molecule has 5 rings (SSSR count). The summed E-state index contributed by atoms with van der Waals surface area (Å²) in [4.78, 5) is 15.4. The van der Waals surface area contributed by atoms with Crippen LogP contribution in [0.2, 0.25) is 0 Å². The van der Waals surface area contributed by atoms with Crippen LogP contribution in [-0.2, 0) is 0 Å². The van der Waals surface area contributed by atoms with E-state index in [1.165, 1.54) is 5.69 Å². The topological polar surface area (TPSA) is 69.3 Å². The van der Waals surface area contributed by atoms with E-state index in [-0.39, 0.29) is 17.9 Å². The zero-order valence-electron chi connectivity index (χ0n) is 16.1. The zero-order valence-corrected chi connectivity index (χ0v) is 16.1. The van der Waals surface area contributed by atoms with E-state index in [0.29, 0.717) is 24.1 Å². The number of Topliss-reactive ketones (excluding diaryl/α,β-unsaturated/α-hetero) is 1. The number of hydrogen-bond acceptors (Lipinski definition) is 4. The number of carbonyl (C=O) groups excluding carboxylic acids is 1. The Morgan fingerprint density at radius 3 is 2.54 bits per heavy atom. The molecule has 0 radical (unpaired) electrons. The Kier molecular flexibility index (Phi) is 4.15. The van der Waals surface area contributed by atoms with Gasteiger partial charge in [-0.1, -0.05) is 0 Å². The molecule has 3 fully saturated rings. The highest BCUT2D eigenvalue weighted by molar-refractivity contribution is 5.99. The monoisotopic (exact) mass is 375 g/mol. The highest BCUT2D eigenvalue weighted by Gasteiger charge is 2.46. The van der Waals surface area contributed by atoms with E-state index in [0.717, 1.165) is 49.0 Å². The summed E-state index contributed by atoms with van der Waals surface area (Å²) in [6.45, 7) is 2.42. The van der Waals surface area contributed by atoms with E-state index in [1.807, 2.05) is 31.2 Å². The molecule has 2 unspecified atom stereocenters. The van der Waals surface area contributed by atoms with Gasteiger partial charge in [-0.2, -0.15) is 5.26 Å². The number of ketones is 1. The van der Waals surface area contributed by atoms with Crippen LogP contribution in [0, 0.1) is 18.3 Å². The lowest BCUT2D eigenvalue weighted by molar-refractivity contribution is 0.0873. The third-order valence-electron chi connectivity index (χ3n) is 6.80. The molecular formula is C23H25N3O2. The summed E-state index contributed by atoms with van der Waals surface area (Å²) >= 11 is 0.